The summed E-state index contributed by atoms with van der Waals surface area (Å²) in [5, 5.41) is 21.4. The predicted octanol–water partition coefficient (Wildman–Crippen LogP) is 3.53. The third-order valence-electron chi connectivity index (χ3n) is 5.61. The molecule has 31 heavy (non-hydrogen) atoms. The number of piperazine rings is 1. The van der Waals surface area contributed by atoms with Crippen LogP contribution in [0.15, 0.2) is 48.5 Å². The summed E-state index contributed by atoms with van der Waals surface area (Å²) >= 11 is 0. The van der Waals surface area contributed by atoms with Gasteiger partial charge in [0.1, 0.15) is 11.6 Å². The van der Waals surface area contributed by atoms with Crippen molar-refractivity contribution in [3.63, 3.8) is 0 Å². The van der Waals surface area contributed by atoms with Crippen molar-refractivity contribution in [3.8, 4) is 17.1 Å². The number of H-pyrrole nitrogens is 1. The first-order chi connectivity index (χ1) is 15.0. The number of phenolic OH excluding ortho intramolecular Hbond substituents is 1. The van der Waals surface area contributed by atoms with E-state index >= 15 is 0 Å². The molecule has 0 spiro atoms. The van der Waals surface area contributed by atoms with Gasteiger partial charge in [-0.2, -0.15) is 5.10 Å². The van der Waals surface area contributed by atoms with E-state index in [0.29, 0.717) is 17.5 Å². The molecule has 3 heterocycles. The molecule has 8 nitrogen and oxygen atoms in total. The first kappa shape index (κ1) is 19.3. The van der Waals surface area contributed by atoms with Crippen LogP contribution < -0.4 is 10.2 Å². The summed E-state index contributed by atoms with van der Waals surface area (Å²) in [5.41, 5.74) is 3.72. The molecule has 1 fully saturated rings. The van der Waals surface area contributed by atoms with Gasteiger partial charge >= 0.3 is 0 Å². The van der Waals surface area contributed by atoms with E-state index in [0.717, 1.165) is 54.0 Å². The molecule has 2 aromatic heterocycles. The number of nitrogens with zero attached hydrogens (tertiary/aromatic N) is 5. The lowest BCUT2D eigenvalue weighted by molar-refractivity contribution is 0.313. The van der Waals surface area contributed by atoms with Crippen LogP contribution in [-0.2, 0) is 0 Å². The zero-order valence-corrected chi connectivity index (χ0v) is 17.6. The summed E-state index contributed by atoms with van der Waals surface area (Å²) in [4.78, 5) is 14.3. The highest BCUT2D eigenvalue weighted by Crippen LogP contribution is 2.31. The number of likely N-dealkylation sites (N-methyl/N-ethyl adjacent to an activating group) is 1. The molecule has 4 aromatic rings. The highest BCUT2D eigenvalue weighted by atomic mass is 16.3. The van der Waals surface area contributed by atoms with Crippen molar-refractivity contribution in [2.45, 2.75) is 6.92 Å². The van der Waals surface area contributed by atoms with Crippen molar-refractivity contribution in [3.05, 3.63) is 54.2 Å². The number of aryl methyl sites for hydroxylation is 1. The van der Waals surface area contributed by atoms with Gasteiger partial charge in [-0.15, -0.1) is 0 Å². The molecule has 3 N–H and O–H groups in total. The Kier molecular flexibility index (Phi) is 4.91. The quantitative estimate of drug-likeness (QED) is 0.469. The molecule has 0 unspecified atom stereocenters. The minimum Gasteiger partial charge on any atom is -0.508 e. The fraction of sp³-hybridized carbons (Fsp3) is 0.261. The second-order valence-electron chi connectivity index (χ2n) is 8.00. The third-order valence-corrected chi connectivity index (χ3v) is 5.61. The van der Waals surface area contributed by atoms with Gasteiger partial charge in [0.2, 0.25) is 0 Å². The molecule has 1 aliphatic heterocycles. The number of anilines is 3. The van der Waals surface area contributed by atoms with Gasteiger partial charge < -0.3 is 20.2 Å². The molecule has 158 valence electrons. The van der Waals surface area contributed by atoms with E-state index in [9.17, 15) is 5.11 Å². The standard InChI is InChI=1S/C23H25N7O/c1-15-12-21(28-27-15)25-23-19-7-6-17(30-10-8-29(2)9-11-30)14-20(19)24-22(26-23)16-4-3-5-18(31)13-16/h3-7,12-14,31H,8-11H2,1-2H3,(H2,24,25,26,27,28). The number of hydrogen-bond donors (Lipinski definition) is 3. The predicted molar refractivity (Wildman–Crippen MR) is 123 cm³/mol. The normalized spacial score (nSPS) is 14.8. The number of fused-ring (bicyclic) bond motifs is 1. The van der Waals surface area contributed by atoms with Crippen LogP contribution in [-0.4, -0.2) is 63.4 Å². The Hall–Kier alpha value is -3.65. The van der Waals surface area contributed by atoms with Crippen molar-refractivity contribution >= 4 is 28.2 Å². The van der Waals surface area contributed by atoms with Crippen molar-refractivity contribution < 1.29 is 5.11 Å². The number of aromatic nitrogens is 4. The van der Waals surface area contributed by atoms with Gasteiger partial charge in [0.25, 0.3) is 0 Å². The lowest BCUT2D eigenvalue weighted by Crippen LogP contribution is -2.44. The molecule has 0 bridgehead atoms. The van der Waals surface area contributed by atoms with Crippen molar-refractivity contribution in [1.29, 1.82) is 0 Å². The highest BCUT2D eigenvalue weighted by Gasteiger charge is 2.17. The van der Waals surface area contributed by atoms with Gasteiger partial charge in [0.15, 0.2) is 11.6 Å². The maximum Gasteiger partial charge on any atom is 0.162 e. The van der Waals surface area contributed by atoms with Crippen molar-refractivity contribution in [1.82, 2.24) is 25.1 Å². The second kappa shape index (κ2) is 7.88. The van der Waals surface area contributed by atoms with Crippen LogP contribution in [0.5, 0.6) is 5.75 Å². The molecule has 8 heteroatoms. The molecule has 5 rings (SSSR count). The summed E-state index contributed by atoms with van der Waals surface area (Å²) in [6, 6.07) is 15.3. The van der Waals surface area contributed by atoms with Crippen molar-refractivity contribution in [2.75, 3.05) is 43.4 Å². The molecule has 0 amide bonds. The number of benzene rings is 2. The maximum atomic E-state index is 9.93. The zero-order chi connectivity index (χ0) is 21.4. The number of aromatic amines is 1. The molecule has 2 aromatic carbocycles. The number of nitrogens with one attached hydrogen (secondary N) is 2. The molecular weight excluding hydrogens is 390 g/mol. The Morgan fingerprint density at radius 2 is 1.84 bits per heavy atom. The Morgan fingerprint density at radius 1 is 1.00 bits per heavy atom. The Balaban J connectivity index is 1.60. The fourth-order valence-corrected chi connectivity index (χ4v) is 3.85. The summed E-state index contributed by atoms with van der Waals surface area (Å²) in [7, 11) is 2.15. The van der Waals surface area contributed by atoms with Crippen molar-refractivity contribution in [2.24, 2.45) is 0 Å². The van der Waals surface area contributed by atoms with E-state index in [-0.39, 0.29) is 5.75 Å². The van der Waals surface area contributed by atoms with Crippen LogP contribution >= 0.6 is 0 Å². The number of hydrogen-bond acceptors (Lipinski definition) is 7. The maximum absolute atomic E-state index is 9.93. The lowest BCUT2D eigenvalue weighted by Gasteiger charge is -2.34. The summed E-state index contributed by atoms with van der Waals surface area (Å²) in [6.07, 6.45) is 0. The Labute approximate surface area is 180 Å². The number of phenols is 1. The first-order valence-corrected chi connectivity index (χ1v) is 10.4. The zero-order valence-electron chi connectivity index (χ0n) is 17.6. The van der Waals surface area contributed by atoms with Crippen LogP contribution in [0.3, 0.4) is 0 Å². The number of aromatic hydroxyl groups is 1. The smallest absolute Gasteiger partial charge is 0.162 e. The monoisotopic (exact) mass is 415 g/mol. The van der Waals surface area contributed by atoms with Gasteiger partial charge in [0, 0.05) is 54.6 Å². The van der Waals surface area contributed by atoms with E-state index in [1.54, 1.807) is 18.2 Å². The average Bonchev–Trinajstić information content (AvgIpc) is 3.18. The first-order valence-electron chi connectivity index (χ1n) is 10.4. The van der Waals surface area contributed by atoms with Crippen LogP contribution in [0.4, 0.5) is 17.3 Å². The average molecular weight is 416 g/mol. The lowest BCUT2D eigenvalue weighted by atomic mass is 10.1. The van der Waals surface area contributed by atoms with Gasteiger partial charge in [-0.1, -0.05) is 12.1 Å². The SMILES string of the molecule is Cc1cc(Nc2nc(-c3cccc(O)c3)nc3cc(N4CCN(C)CC4)ccc23)n[nH]1. The topological polar surface area (TPSA) is 93.2 Å². The van der Waals surface area contributed by atoms with Crippen LogP contribution in [0.25, 0.3) is 22.3 Å². The van der Waals surface area contributed by atoms with E-state index in [2.05, 4.69) is 50.6 Å². The Morgan fingerprint density at radius 3 is 2.58 bits per heavy atom. The molecule has 0 aliphatic carbocycles. The summed E-state index contributed by atoms with van der Waals surface area (Å²) in [5.74, 6) is 2.11. The van der Waals surface area contributed by atoms with E-state index in [1.807, 2.05) is 19.1 Å². The van der Waals surface area contributed by atoms with E-state index in [4.69, 9.17) is 9.97 Å². The molecule has 1 aliphatic rings. The fourth-order valence-electron chi connectivity index (χ4n) is 3.85. The minimum atomic E-state index is 0.185. The third kappa shape index (κ3) is 4.02. The summed E-state index contributed by atoms with van der Waals surface area (Å²) in [6.45, 7) is 6.02. The van der Waals surface area contributed by atoms with Gasteiger partial charge in [0.05, 0.1) is 5.52 Å². The van der Waals surface area contributed by atoms with E-state index < -0.39 is 0 Å². The van der Waals surface area contributed by atoms with Gasteiger partial charge in [-0.3, -0.25) is 5.10 Å². The second-order valence-corrected chi connectivity index (χ2v) is 8.00. The van der Waals surface area contributed by atoms with Gasteiger partial charge in [-0.05, 0) is 44.3 Å². The largest absolute Gasteiger partial charge is 0.508 e. The van der Waals surface area contributed by atoms with Crippen LogP contribution in [0, 0.1) is 6.92 Å². The highest BCUT2D eigenvalue weighted by molar-refractivity contribution is 5.94. The Bertz CT molecular complexity index is 1230. The molecule has 0 radical (unpaired) electrons. The molecule has 1 saturated heterocycles. The van der Waals surface area contributed by atoms with Crippen LogP contribution in [0.2, 0.25) is 0 Å². The number of rotatable bonds is 4. The molecular formula is C23H25N7O. The van der Waals surface area contributed by atoms with Crippen LogP contribution in [0.1, 0.15) is 5.69 Å². The molecule has 0 atom stereocenters. The summed E-state index contributed by atoms with van der Waals surface area (Å²) < 4.78 is 0. The minimum absolute atomic E-state index is 0.185. The molecule has 0 saturated carbocycles. The van der Waals surface area contributed by atoms with E-state index in [1.165, 1.54) is 0 Å². The van der Waals surface area contributed by atoms with Gasteiger partial charge in [-0.25, -0.2) is 9.97 Å².